The summed E-state index contributed by atoms with van der Waals surface area (Å²) in [5.41, 5.74) is 3.37. The first-order valence-electron chi connectivity index (χ1n) is 10.8. The number of nitrogens with one attached hydrogen (secondary N) is 2. The molecule has 0 radical (unpaired) electrons. The van der Waals surface area contributed by atoms with Gasteiger partial charge in [-0.05, 0) is 48.6 Å². The summed E-state index contributed by atoms with van der Waals surface area (Å²) in [6.45, 7) is 2.07. The molecule has 5 nitrogen and oxygen atoms in total. The Hall–Kier alpha value is -2.92. The van der Waals surface area contributed by atoms with Gasteiger partial charge in [0.2, 0.25) is 11.8 Å². The van der Waals surface area contributed by atoms with Gasteiger partial charge in [-0.15, -0.1) is 0 Å². The Bertz CT molecular complexity index is 910. The summed E-state index contributed by atoms with van der Waals surface area (Å²) >= 11 is 0. The zero-order valence-corrected chi connectivity index (χ0v) is 17.2. The third-order valence-corrected chi connectivity index (χ3v) is 5.97. The lowest BCUT2D eigenvalue weighted by Crippen LogP contribution is -2.36. The van der Waals surface area contributed by atoms with Gasteiger partial charge >= 0.3 is 0 Å². The molecule has 4 rings (SSSR count). The molecule has 0 unspecified atom stereocenters. The number of carbonyl (C=O) groups excluding carboxylic acids is 2. The quantitative estimate of drug-likeness (QED) is 0.765. The van der Waals surface area contributed by atoms with Crippen LogP contribution >= 0.6 is 0 Å². The molecular formula is C25H29N3O2. The molecule has 2 amide bonds. The van der Waals surface area contributed by atoms with Crippen molar-refractivity contribution in [3.63, 3.8) is 0 Å². The summed E-state index contributed by atoms with van der Waals surface area (Å²) in [6, 6.07) is 18.3. The van der Waals surface area contributed by atoms with Crippen molar-refractivity contribution in [3.8, 4) is 0 Å². The van der Waals surface area contributed by atoms with Crippen molar-refractivity contribution in [2.24, 2.45) is 0 Å². The Kier molecular flexibility index (Phi) is 6.60. The van der Waals surface area contributed by atoms with E-state index in [0.717, 1.165) is 36.1 Å². The molecule has 2 aromatic carbocycles. The third-order valence-electron chi connectivity index (χ3n) is 5.97. The van der Waals surface area contributed by atoms with E-state index in [0.29, 0.717) is 25.9 Å². The minimum Gasteiger partial charge on any atom is -0.356 e. The number of rotatable bonds is 1. The van der Waals surface area contributed by atoms with Crippen molar-refractivity contribution >= 4 is 17.9 Å². The Morgan fingerprint density at radius 1 is 0.867 bits per heavy atom. The van der Waals surface area contributed by atoms with Gasteiger partial charge in [0.25, 0.3) is 0 Å². The van der Waals surface area contributed by atoms with E-state index < -0.39 is 0 Å². The summed E-state index contributed by atoms with van der Waals surface area (Å²) in [7, 11) is 0. The first-order chi connectivity index (χ1) is 14.7. The van der Waals surface area contributed by atoms with Gasteiger partial charge in [-0.2, -0.15) is 0 Å². The Morgan fingerprint density at radius 2 is 1.67 bits per heavy atom. The lowest BCUT2D eigenvalue weighted by Gasteiger charge is -2.31. The lowest BCUT2D eigenvalue weighted by molar-refractivity contribution is -0.128. The Balaban J connectivity index is 1.53. The topological polar surface area (TPSA) is 61.4 Å². The fourth-order valence-corrected chi connectivity index (χ4v) is 4.40. The molecule has 1 fully saturated rings. The molecule has 156 valence electrons. The number of amides is 2. The molecule has 1 saturated heterocycles. The van der Waals surface area contributed by atoms with E-state index in [1.54, 1.807) is 6.08 Å². The Morgan fingerprint density at radius 3 is 2.53 bits per heavy atom. The average Bonchev–Trinajstić information content (AvgIpc) is 2.89. The van der Waals surface area contributed by atoms with Crippen LogP contribution in [-0.2, 0) is 9.59 Å². The van der Waals surface area contributed by atoms with Gasteiger partial charge in [-0.25, -0.2) is 0 Å². The largest absolute Gasteiger partial charge is 0.356 e. The minimum atomic E-state index is -0.0253. The molecule has 30 heavy (non-hydrogen) atoms. The normalized spacial score (nSPS) is 23.1. The van der Waals surface area contributed by atoms with Crippen LogP contribution in [0.1, 0.15) is 54.5 Å². The molecule has 2 heterocycles. The number of benzene rings is 2. The highest BCUT2D eigenvalue weighted by atomic mass is 16.2. The van der Waals surface area contributed by atoms with Gasteiger partial charge in [0.1, 0.15) is 0 Å². The van der Waals surface area contributed by atoms with Crippen molar-refractivity contribution in [1.82, 2.24) is 15.5 Å². The predicted molar refractivity (Wildman–Crippen MR) is 119 cm³/mol. The van der Waals surface area contributed by atoms with E-state index in [4.69, 9.17) is 0 Å². The fourth-order valence-electron chi connectivity index (χ4n) is 4.40. The molecule has 0 bridgehead atoms. The summed E-state index contributed by atoms with van der Waals surface area (Å²) in [4.78, 5) is 27.5. The number of fused-ring (bicyclic) bond motifs is 3. The van der Waals surface area contributed by atoms with Crippen molar-refractivity contribution in [2.45, 2.75) is 37.8 Å². The lowest BCUT2D eigenvalue weighted by atomic mass is 9.97. The first-order valence-corrected chi connectivity index (χ1v) is 10.8. The molecule has 0 saturated carbocycles. The van der Waals surface area contributed by atoms with Gasteiger partial charge in [0, 0.05) is 31.6 Å². The average molecular weight is 404 g/mol. The fraction of sp³-hybridized carbons (Fsp3) is 0.360. The van der Waals surface area contributed by atoms with Crippen LogP contribution < -0.4 is 10.6 Å². The minimum absolute atomic E-state index is 0.00280. The van der Waals surface area contributed by atoms with Gasteiger partial charge in [-0.1, -0.05) is 54.6 Å². The monoisotopic (exact) mass is 403 g/mol. The van der Waals surface area contributed by atoms with Crippen LogP contribution in [-0.4, -0.2) is 36.3 Å². The van der Waals surface area contributed by atoms with E-state index in [9.17, 15) is 9.59 Å². The zero-order valence-electron chi connectivity index (χ0n) is 17.2. The second-order valence-corrected chi connectivity index (χ2v) is 7.98. The van der Waals surface area contributed by atoms with Gasteiger partial charge in [0.15, 0.2) is 0 Å². The maximum Gasteiger partial charge on any atom is 0.247 e. The second kappa shape index (κ2) is 9.72. The van der Waals surface area contributed by atoms with Crippen LogP contribution in [0.5, 0.6) is 0 Å². The van der Waals surface area contributed by atoms with E-state index >= 15 is 0 Å². The maximum absolute atomic E-state index is 12.8. The van der Waals surface area contributed by atoms with E-state index in [1.165, 1.54) is 0 Å². The molecule has 5 heteroatoms. The second-order valence-electron chi connectivity index (χ2n) is 7.98. The molecule has 2 N–H and O–H groups in total. The highest BCUT2D eigenvalue weighted by Gasteiger charge is 2.27. The third kappa shape index (κ3) is 4.79. The predicted octanol–water partition coefficient (Wildman–Crippen LogP) is 3.60. The van der Waals surface area contributed by atoms with E-state index in [1.807, 2.05) is 41.3 Å². The van der Waals surface area contributed by atoms with Crippen molar-refractivity contribution < 1.29 is 9.59 Å². The first kappa shape index (κ1) is 20.4. The summed E-state index contributed by atoms with van der Waals surface area (Å²) < 4.78 is 0. The van der Waals surface area contributed by atoms with Gasteiger partial charge in [-0.3, -0.25) is 9.59 Å². The number of carbonyl (C=O) groups is 2. The van der Waals surface area contributed by atoms with Crippen LogP contribution in [0, 0.1) is 0 Å². The van der Waals surface area contributed by atoms with E-state index in [2.05, 4.69) is 34.9 Å². The van der Waals surface area contributed by atoms with Crippen LogP contribution in [0.3, 0.4) is 0 Å². The van der Waals surface area contributed by atoms with Gasteiger partial charge < -0.3 is 15.5 Å². The number of hydrogen-bond acceptors (Lipinski definition) is 3. The molecular weight excluding hydrogens is 374 g/mol. The smallest absolute Gasteiger partial charge is 0.247 e. The molecule has 2 aliphatic rings. The molecule has 0 aliphatic carbocycles. The van der Waals surface area contributed by atoms with E-state index in [-0.39, 0.29) is 23.9 Å². The summed E-state index contributed by atoms with van der Waals surface area (Å²) in [5.74, 6) is 0.0843. The number of hydrogen-bond donors (Lipinski definition) is 2. The maximum atomic E-state index is 12.8. The van der Waals surface area contributed by atoms with Crippen molar-refractivity contribution in [1.29, 1.82) is 0 Å². The number of nitrogens with zero attached hydrogens (tertiary/aromatic N) is 1. The Labute approximate surface area is 178 Å². The van der Waals surface area contributed by atoms with Crippen molar-refractivity contribution in [2.75, 3.05) is 19.6 Å². The molecule has 2 aromatic rings. The zero-order chi connectivity index (χ0) is 20.8. The van der Waals surface area contributed by atoms with Crippen LogP contribution in [0.25, 0.3) is 6.08 Å². The molecule has 0 spiro atoms. The standard InChI is InChI=1S/C25H29N3O2/c29-24-18-22(20-9-2-1-3-10-20)26-15-6-7-17-28-23(14-16-27-24)21-11-5-4-8-19(21)12-13-25(28)30/h1-5,8-13,22-23,26H,6-7,14-18H2,(H,27,29)/t22-,23+/m0/s1. The molecule has 2 aliphatic heterocycles. The van der Waals surface area contributed by atoms with Gasteiger partial charge in [0.05, 0.1) is 6.04 Å². The summed E-state index contributed by atoms with van der Waals surface area (Å²) in [5, 5.41) is 6.62. The highest BCUT2D eigenvalue weighted by molar-refractivity contribution is 5.93. The highest BCUT2D eigenvalue weighted by Crippen LogP contribution is 2.31. The molecule has 0 aromatic heterocycles. The SMILES string of the molecule is O=C1C[C@@H](c2ccccc2)NCCCCN2C(=O)C=Cc3ccccc3[C@H]2CCN1. The van der Waals surface area contributed by atoms with Crippen LogP contribution in [0.15, 0.2) is 60.7 Å². The summed E-state index contributed by atoms with van der Waals surface area (Å²) in [6.07, 6.45) is 6.59. The van der Waals surface area contributed by atoms with Crippen LogP contribution in [0.4, 0.5) is 0 Å². The molecule has 2 atom stereocenters. The van der Waals surface area contributed by atoms with Crippen LogP contribution in [0.2, 0.25) is 0 Å². The van der Waals surface area contributed by atoms with Crippen molar-refractivity contribution in [3.05, 3.63) is 77.4 Å².